The summed E-state index contributed by atoms with van der Waals surface area (Å²) in [5.74, 6) is -3.94. The summed E-state index contributed by atoms with van der Waals surface area (Å²) < 4.78 is 70.7. The summed E-state index contributed by atoms with van der Waals surface area (Å²) in [7, 11) is -3.29. The van der Waals surface area contributed by atoms with E-state index < -0.39 is 60.2 Å². The number of halogens is 2. The van der Waals surface area contributed by atoms with Gasteiger partial charge in [0.05, 0.1) is 38.3 Å². The number of ether oxygens (including phenoxy) is 2. The third kappa shape index (κ3) is 4.90. The van der Waals surface area contributed by atoms with Crippen LogP contribution in [0.1, 0.15) is 47.4 Å². The van der Waals surface area contributed by atoms with Gasteiger partial charge in [0.25, 0.3) is 5.91 Å². The summed E-state index contributed by atoms with van der Waals surface area (Å²) in [5.41, 5.74) is -0.206. The summed E-state index contributed by atoms with van der Waals surface area (Å²) in [4.78, 5) is 42.1. The van der Waals surface area contributed by atoms with Gasteiger partial charge in [0.15, 0.2) is 17.3 Å². The van der Waals surface area contributed by atoms with Crippen molar-refractivity contribution >= 4 is 19.6 Å². The fourth-order valence-electron chi connectivity index (χ4n) is 7.16. The number of aromatic nitrogens is 2. The van der Waals surface area contributed by atoms with Gasteiger partial charge >= 0.3 is 13.7 Å². The van der Waals surface area contributed by atoms with Gasteiger partial charge in [-0.05, 0) is 49.6 Å². The van der Waals surface area contributed by atoms with E-state index in [4.69, 9.17) is 18.5 Å². The monoisotopic (exact) mass is 707 g/mol. The molecule has 2 aromatic heterocycles. The van der Waals surface area contributed by atoms with Gasteiger partial charge in [0.1, 0.15) is 17.7 Å². The first-order chi connectivity index (χ1) is 24.1. The Morgan fingerprint density at radius 2 is 1.86 bits per heavy atom. The molecule has 260 valence electrons. The minimum absolute atomic E-state index is 0.0260. The molecule has 1 saturated heterocycles. The first kappa shape index (κ1) is 32.4. The number of nitrogens with one attached hydrogen (secondary N) is 1. The Bertz CT molecular complexity index is 2170. The Hall–Kier alpha value is -4.82. The molecule has 13 nitrogen and oxygen atoms in total. The number of para-hydroxylation sites is 1. The zero-order valence-corrected chi connectivity index (χ0v) is 27.9. The highest BCUT2D eigenvalue weighted by Crippen LogP contribution is 2.53. The van der Waals surface area contributed by atoms with E-state index >= 15 is 8.78 Å². The third-order valence-corrected chi connectivity index (χ3v) is 11.2. The highest BCUT2D eigenvalue weighted by molar-refractivity contribution is 7.52. The van der Waals surface area contributed by atoms with Crippen LogP contribution in [0.5, 0.6) is 5.75 Å². The van der Waals surface area contributed by atoms with Crippen LogP contribution in [0.25, 0.3) is 16.9 Å². The predicted octanol–water partition coefficient (Wildman–Crippen LogP) is 4.26. The van der Waals surface area contributed by atoms with Crippen molar-refractivity contribution in [3.05, 3.63) is 106 Å². The lowest BCUT2D eigenvalue weighted by molar-refractivity contribution is -0.143. The minimum atomic E-state index is -4.48. The molecule has 0 spiro atoms. The Labute approximate surface area is 284 Å². The highest BCUT2D eigenvalue weighted by Gasteiger charge is 2.57. The van der Waals surface area contributed by atoms with E-state index in [-0.39, 0.29) is 50.5 Å². The van der Waals surface area contributed by atoms with Crippen LogP contribution in [0.15, 0.2) is 71.8 Å². The predicted molar refractivity (Wildman–Crippen MR) is 175 cm³/mol. The Kier molecular flexibility index (Phi) is 7.71. The van der Waals surface area contributed by atoms with Gasteiger partial charge in [-0.2, -0.15) is 5.09 Å². The molecule has 4 aliphatic rings. The average Bonchev–Trinajstić information content (AvgIpc) is 3.76. The summed E-state index contributed by atoms with van der Waals surface area (Å²) in [6, 6.07) is 13.7. The molecule has 4 aromatic rings. The molecular weight excluding hydrogens is 675 g/mol. The van der Waals surface area contributed by atoms with Gasteiger partial charge in [0, 0.05) is 36.1 Å². The van der Waals surface area contributed by atoms with Crippen molar-refractivity contribution in [3.8, 4) is 22.7 Å². The van der Waals surface area contributed by atoms with E-state index in [1.807, 2.05) is 24.3 Å². The molecule has 1 amide bonds. The van der Waals surface area contributed by atoms with Crippen molar-refractivity contribution in [2.24, 2.45) is 0 Å². The maximum Gasteiger partial charge on any atom is 0.459 e. The van der Waals surface area contributed by atoms with Crippen LogP contribution < -0.4 is 20.0 Å². The Morgan fingerprint density at radius 1 is 1.06 bits per heavy atom. The molecule has 5 heterocycles. The lowest BCUT2D eigenvalue weighted by Gasteiger charge is -2.51. The molecular formula is C34H32F2N5O8P. The number of hydrogen-bond acceptors (Lipinski definition) is 9. The average molecular weight is 708 g/mol. The SMILES string of the molecule is CCOP(=O)(NC1(C(=O)OC)CC1)Oc1c2n(ccc1=O)N([C@@H]1c3ccccc3-n3cccc3-c3c1ccc(F)c3F)[C@@H]1COCCN1C2=O. The third-order valence-electron chi connectivity index (χ3n) is 9.53. The number of carbonyl (C=O) groups is 2. The van der Waals surface area contributed by atoms with E-state index in [9.17, 15) is 18.9 Å². The van der Waals surface area contributed by atoms with Gasteiger partial charge < -0.3 is 23.5 Å². The molecule has 8 rings (SSSR count). The molecule has 1 unspecified atom stereocenters. The summed E-state index contributed by atoms with van der Waals surface area (Å²) >= 11 is 0. The Morgan fingerprint density at radius 3 is 2.62 bits per heavy atom. The zero-order valence-electron chi connectivity index (χ0n) is 27.0. The molecule has 3 aliphatic heterocycles. The molecule has 2 aromatic carbocycles. The summed E-state index contributed by atoms with van der Waals surface area (Å²) in [6.45, 7) is 1.79. The van der Waals surface area contributed by atoms with E-state index in [2.05, 4.69) is 5.09 Å². The van der Waals surface area contributed by atoms with Crippen LogP contribution in [0.2, 0.25) is 0 Å². The number of fused-ring (bicyclic) bond motifs is 7. The number of methoxy groups -OCH3 is 1. The number of amides is 1. The number of morpholine rings is 1. The van der Waals surface area contributed by atoms with Gasteiger partial charge in [-0.25, -0.2) is 13.3 Å². The van der Waals surface area contributed by atoms with Gasteiger partial charge in [0.2, 0.25) is 11.2 Å². The van der Waals surface area contributed by atoms with Crippen LogP contribution in [0.4, 0.5) is 8.78 Å². The van der Waals surface area contributed by atoms with Crippen LogP contribution in [0, 0.1) is 11.6 Å². The van der Waals surface area contributed by atoms with Crippen LogP contribution in [0.3, 0.4) is 0 Å². The molecule has 3 atom stereocenters. The number of carbonyl (C=O) groups excluding carboxylic acids is 2. The zero-order chi connectivity index (χ0) is 34.9. The molecule has 16 heteroatoms. The molecule has 0 radical (unpaired) electrons. The standard InChI is InChI=1S/C34H32F2N5O8P/c1-3-48-50(45,37-34(13-14-34)33(44)46-2)49-31-25(42)12-16-40-30(31)32(43)39-17-18-47-19-26(39)41(40)29-20-7-4-5-8-23(20)38-15-6-9-24(38)27-21(29)10-11-22(35)28(27)36/h4-12,15-16,26,29H,3,13-14,17-19H2,1-2H3,(H,37,45)/t26-,29-,50?/m1/s1. The van der Waals surface area contributed by atoms with Crippen molar-refractivity contribution in [1.82, 2.24) is 19.2 Å². The summed E-state index contributed by atoms with van der Waals surface area (Å²) in [5, 5.41) is 4.43. The van der Waals surface area contributed by atoms with Gasteiger partial charge in [-0.15, -0.1) is 0 Å². The number of esters is 1. The maximum absolute atomic E-state index is 16.0. The largest absolute Gasteiger partial charge is 0.468 e. The molecule has 1 N–H and O–H groups in total. The highest BCUT2D eigenvalue weighted by atomic mass is 31.2. The first-order valence-corrected chi connectivity index (χ1v) is 17.7. The Balaban J connectivity index is 1.35. The second-order valence-corrected chi connectivity index (χ2v) is 14.0. The van der Waals surface area contributed by atoms with Crippen LogP contribution >= 0.6 is 7.75 Å². The lowest BCUT2D eigenvalue weighted by atomic mass is 9.91. The normalized spacial score (nSPS) is 21.1. The quantitative estimate of drug-likeness (QED) is 0.209. The van der Waals surface area contributed by atoms with E-state index in [1.54, 1.807) is 34.8 Å². The van der Waals surface area contributed by atoms with E-state index in [1.165, 1.54) is 28.9 Å². The number of benzene rings is 2. The van der Waals surface area contributed by atoms with Crippen molar-refractivity contribution in [1.29, 1.82) is 0 Å². The number of rotatable bonds is 8. The second-order valence-electron chi connectivity index (χ2n) is 12.4. The maximum atomic E-state index is 16.0. The smallest absolute Gasteiger partial charge is 0.459 e. The van der Waals surface area contributed by atoms with Crippen molar-refractivity contribution in [2.75, 3.05) is 38.5 Å². The molecule has 1 aliphatic carbocycles. The van der Waals surface area contributed by atoms with Crippen LogP contribution in [-0.4, -0.2) is 71.2 Å². The number of hydrogen-bond donors (Lipinski definition) is 1. The van der Waals surface area contributed by atoms with E-state index in [0.29, 0.717) is 22.5 Å². The molecule has 2 fully saturated rings. The van der Waals surface area contributed by atoms with Crippen molar-refractivity contribution in [3.63, 3.8) is 0 Å². The fourth-order valence-corrected chi connectivity index (χ4v) is 8.92. The molecule has 1 saturated carbocycles. The first-order valence-electron chi connectivity index (χ1n) is 16.1. The molecule has 0 bridgehead atoms. The van der Waals surface area contributed by atoms with Crippen molar-refractivity contribution < 1.29 is 41.5 Å². The molecule has 50 heavy (non-hydrogen) atoms. The summed E-state index contributed by atoms with van der Waals surface area (Å²) in [6.07, 6.45) is 2.93. The van der Waals surface area contributed by atoms with E-state index in [0.717, 1.165) is 12.1 Å². The fraction of sp³-hybridized carbons (Fsp3) is 0.324. The van der Waals surface area contributed by atoms with Crippen LogP contribution in [-0.2, 0) is 23.4 Å². The topological polar surface area (TPSA) is 134 Å². The number of nitrogens with zero attached hydrogens (tertiary/aromatic N) is 4. The lowest BCUT2D eigenvalue weighted by Crippen LogP contribution is -2.66. The van der Waals surface area contributed by atoms with Gasteiger partial charge in [-0.3, -0.25) is 28.6 Å². The van der Waals surface area contributed by atoms with Crippen molar-refractivity contribution in [2.45, 2.75) is 37.5 Å². The van der Waals surface area contributed by atoms with Gasteiger partial charge in [-0.1, -0.05) is 24.3 Å². The minimum Gasteiger partial charge on any atom is -0.468 e. The number of pyridine rings is 1. The second kappa shape index (κ2) is 11.9.